The summed E-state index contributed by atoms with van der Waals surface area (Å²) in [6, 6.07) is 8.59. The third-order valence-electron chi connectivity index (χ3n) is 4.70. The summed E-state index contributed by atoms with van der Waals surface area (Å²) < 4.78 is 13.8. The number of rotatable bonds is 6. The van der Waals surface area contributed by atoms with Gasteiger partial charge in [0, 0.05) is 62.2 Å². The Morgan fingerprint density at radius 2 is 1.96 bits per heavy atom. The van der Waals surface area contributed by atoms with Gasteiger partial charge in [-0.15, -0.1) is 0 Å². The number of benzene rings is 1. The molecular weight excluding hydrogens is 365 g/mol. The maximum Gasteiger partial charge on any atom is 0.252 e. The molecule has 0 radical (unpaired) electrons. The van der Waals surface area contributed by atoms with E-state index in [1.807, 2.05) is 16.3 Å². The lowest BCUT2D eigenvalue weighted by Gasteiger charge is -2.22. The SMILES string of the molecule is O=C(NCCC(=O)N1CCCN(Cc2ccccc2F)CC1)c1ccsc1. The summed E-state index contributed by atoms with van der Waals surface area (Å²) in [6.07, 6.45) is 1.16. The second-order valence-corrected chi connectivity index (χ2v) is 7.40. The summed E-state index contributed by atoms with van der Waals surface area (Å²) in [5.74, 6) is -0.277. The van der Waals surface area contributed by atoms with Crippen LogP contribution in [0.1, 0.15) is 28.8 Å². The highest BCUT2D eigenvalue weighted by atomic mass is 32.1. The third kappa shape index (κ3) is 5.61. The molecule has 0 aliphatic carbocycles. The fraction of sp³-hybridized carbons (Fsp3) is 0.400. The minimum atomic E-state index is -0.184. The molecule has 1 aliphatic rings. The molecule has 0 spiro atoms. The molecule has 3 rings (SSSR count). The van der Waals surface area contributed by atoms with Crippen LogP contribution in [-0.4, -0.2) is 54.3 Å². The van der Waals surface area contributed by atoms with Gasteiger partial charge < -0.3 is 10.2 Å². The van der Waals surface area contributed by atoms with Crippen LogP contribution in [0, 0.1) is 5.82 Å². The molecule has 0 unspecified atom stereocenters. The highest BCUT2D eigenvalue weighted by Crippen LogP contribution is 2.13. The second kappa shape index (κ2) is 9.62. The second-order valence-electron chi connectivity index (χ2n) is 6.62. The maximum absolute atomic E-state index is 13.8. The predicted octanol–water partition coefficient (Wildman–Crippen LogP) is 2.74. The first-order valence-electron chi connectivity index (χ1n) is 9.17. The number of hydrogen-bond donors (Lipinski definition) is 1. The van der Waals surface area contributed by atoms with Crippen molar-refractivity contribution in [3.05, 3.63) is 58.0 Å². The van der Waals surface area contributed by atoms with Gasteiger partial charge >= 0.3 is 0 Å². The molecule has 7 heteroatoms. The van der Waals surface area contributed by atoms with Gasteiger partial charge in [-0.2, -0.15) is 11.3 Å². The quantitative estimate of drug-likeness (QED) is 0.827. The van der Waals surface area contributed by atoms with E-state index in [4.69, 9.17) is 0 Å². The summed E-state index contributed by atoms with van der Waals surface area (Å²) in [7, 11) is 0. The Morgan fingerprint density at radius 3 is 2.74 bits per heavy atom. The monoisotopic (exact) mass is 389 g/mol. The van der Waals surface area contributed by atoms with Crippen LogP contribution in [0.15, 0.2) is 41.1 Å². The number of carbonyl (C=O) groups is 2. The van der Waals surface area contributed by atoms with Crippen molar-refractivity contribution in [2.24, 2.45) is 0 Å². The van der Waals surface area contributed by atoms with E-state index in [0.29, 0.717) is 43.7 Å². The van der Waals surface area contributed by atoms with Crippen molar-refractivity contribution >= 4 is 23.2 Å². The van der Waals surface area contributed by atoms with Crippen LogP contribution in [0.4, 0.5) is 4.39 Å². The number of carbonyl (C=O) groups excluding carboxylic acids is 2. The lowest BCUT2D eigenvalue weighted by atomic mass is 10.2. The summed E-state index contributed by atoms with van der Waals surface area (Å²) in [4.78, 5) is 28.4. The van der Waals surface area contributed by atoms with Crippen LogP contribution < -0.4 is 5.32 Å². The molecule has 0 atom stereocenters. The molecule has 1 fully saturated rings. The van der Waals surface area contributed by atoms with Crippen molar-refractivity contribution in [2.75, 3.05) is 32.7 Å². The van der Waals surface area contributed by atoms with E-state index in [-0.39, 0.29) is 17.6 Å². The molecule has 144 valence electrons. The molecule has 27 heavy (non-hydrogen) atoms. The summed E-state index contributed by atoms with van der Waals surface area (Å²) >= 11 is 1.47. The molecule has 5 nitrogen and oxygen atoms in total. The first-order chi connectivity index (χ1) is 13.1. The van der Waals surface area contributed by atoms with Crippen LogP contribution in [-0.2, 0) is 11.3 Å². The molecule has 0 bridgehead atoms. The van der Waals surface area contributed by atoms with Crippen molar-refractivity contribution in [1.29, 1.82) is 0 Å². The van der Waals surface area contributed by atoms with Crippen LogP contribution >= 0.6 is 11.3 Å². The van der Waals surface area contributed by atoms with Crippen LogP contribution in [0.5, 0.6) is 0 Å². The van der Waals surface area contributed by atoms with E-state index in [9.17, 15) is 14.0 Å². The maximum atomic E-state index is 13.8. The minimum absolute atomic E-state index is 0.0494. The van der Waals surface area contributed by atoms with E-state index in [1.165, 1.54) is 17.4 Å². The Bertz CT molecular complexity index is 766. The zero-order chi connectivity index (χ0) is 19.1. The van der Waals surface area contributed by atoms with Crippen LogP contribution in [0.25, 0.3) is 0 Å². The van der Waals surface area contributed by atoms with E-state index in [1.54, 1.807) is 23.6 Å². The van der Waals surface area contributed by atoms with E-state index in [0.717, 1.165) is 19.5 Å². The molecule has 2 heterocycles. The van der Waals surface area contributed by atoms with Gasteiger partial charge in [-0.05, 0) is 23.9 Å². The summed E-state index contributed by atoms with van der Waals surface area (Å²) in [5, 5.41) is 6.43. The molecule has 1 saturated heterocycles. The lowest BCUT2D eigenvalue weighted by Crippen LogP contribution is -2.37. The minimum Gasteiger partial charge on any atom is -0.351 e. The smallest absolute Gasteiger partial charge is 0.252 e. The average Bonchev–Trinajstić information content (AvgIpc) is 3.10. The van der Waals surface area contributed by atoms with Gasteiger partial charge in [-0.1, -0.05) is 18.2 Å². The summed E-state index contributed by atoms with van der Waals surface area (Å²) in [6.45, 7) is 3.79. The highest BCUT2D eigenvalue weighted by Gasteiger charge is 2.19. The number of hydrogen-bond acceptors (Lipinski definition) is 4. The van der Waals surface area contributed by atoms with E-state index < -0.39 is 0 Å². The molecule has 2 amide bonds. The first-order valence-corrected chi connectivity index (χ1v) is 10.1. The Labute approximate surface area is 162 Å². The van der Waals surface area contributed by atoms with Crippen molar-refractivity contribution in [2.45, 2.75) is 19.4 Å². The van der Waals surface area contributed by atoms with E-state index in [2.05, 4.69) is 10.2 Å². The molecule has 2 aromatic rings. The van der Waals surface area contributed by atoms with Gasteiger partial charge in [-0.3, -0.25) is 14.5 Å². The molecule has 1 N–H and O–H groups in total. The third-order valence-corrected chi connectivity index (χ3v) is 5.38. The highest BCUT2D eigenvalue weighted by molar-refractivity contribution is 7.08. The Hall–Kier alpha value is -2.25. The van der Waals surface area contributed by atoms with Crippen molar-refractivity contribution < 1.29 is 14.0 Å². The van der Waals surface area contributed by atoms with Gasteiger partial charge in [0.25, 0.3) is 5.91 Å². The molecule has 1 aromatic carbocycles. The van der Waals surface area contributed by atoms with Gasteiger partial charge in [0.1, 0.15) is 5.82 Å². The molecule has 1 aromatic heterocycles. The number of nitrogens with zero attached hydrogens (tertiary/aromatic N) is 2. The van der Waals surface area contributed by atoms with Crippen molar-refractivity contribution in [1.82, 2.24) is 15.1 Å². The number of thiophene rings is 1. The van der Waals surface area contributed by atoms with Crippen molar-refractivity contribution in [3.8, 4) is 0 Å². The summed E-state index contributed by atoms with van der Waals surface area (Å²) in [5.41, 5.74) is 1.32. The predicted molar refractivity (Wildman–Crippen MR) is 104 cm³/mol. The van der Waals surface area contributed by atoms with Gasteiger partial charge in [0.05, 0.1) is 0 Å². The topological polar surface area (TPSA) is 52.7 Å². The zero-order valence-corrected chi connectivity index (χ0v) is 16.0. The molecule has 1 aliphatic heterocycles. The zero-order valence-electron chi connectivity index (χ0n) is 15.2. The van der Waals surface area contributed by atoms with Crippen LogP contribution in [0.3, 0.4) is 0 Å². The number of nitrogens with one attached hydrogen (secondary N) is 1. The fourth-order valence-corrected chi connectivity index (χ4v) is 3.82. The lowest BCUT2D eigenvalue weighted by molar-refractivity contribution is -0.130. The standard InChI is InChI=1S/C20H24FN3O2S/c21-18-5-2-1-4-16(18)14-23-9-3-10-24(12-11-23)19(25)6-8-22-20(26)17-7-13-27-15-17/h1-2,4-5,7,13,15H,3,6,8-12,14H2,(H,22,26). The average molecular weight is 389 g/mol. The molecular formula is C20H24FN3O2S. The largest absolute Gasteiger partial charge is 0.351 e. The van der Waals surface area contributed by atoms with E-state index >= 15 is 0 Å². The van der Waals surface area contributed by atoms with Gasteiger partial charge in [-0.25, -0.2) is 4.39 Å². The fourth-order valence-electron chi connectivity index (χ4n) is 3.18. The number of amides is 2. The van der Waals surface area contributed by atoms with Gasteiger partial charge in [0.2, 0.25) is 5.91 Å². The number of halogens is 1. The normalized spacial score (nSPS) is 15.4. The first kappa shape index (κ1) is 19.5. The Kier molecular flexibility index (Phi) is 6.95. The van der Waals surface area contributed by atoms with Crippen molar-refractivity contribution in [3.63, 3.8) is 0 Å². The Balaban J connectivity index is 1.42. The van der Waals surface area contributed by atoms with Crippen LogP contribution in [0.2, 0.25) is 0 Å². The Morgan fingerprint density at radius 1 is 1.11 bits per heavy atom. The van der Waals surface area contributed by atoms with Gasteiger partial charge in [0.15, 0.2) is 0 Å². The molecule has 0 saturated carbocycles.